The van der Waals surface area contributed by atoms with Gasteiger partial charge >= 0.3 is 5.91 Å². The molecule has 2 aliphatic rings. The molecule has 1 atom stereocenters. The van der Waals surface area contributed by atoms with E-state index in [1.165, 1.54) is 12.3 Å². The summed E-state index contributed by atoms with van der Waals surface area (Å²) in [6.45, 7) is 10.9. The van der Waals surface area contributed by atoms with Crippen molar-refractivity contribution < 1.29 is 19.0 Å². The lowest BCUT2D eigenvalue weighted by atomic mass is 9.78. The minimum Gasteiger partial charge on any atom is -0.493 e. The van der Waals surface area contributed by atoms with Crippen molar-refractivity contribution >= 4 is 5.91 Å². The van der Waals surface area contributed by atoms with Crippen LogP contribution in [0.2, 0.25) is 0 Å². The van der Waals surface area contributed by atoms with Gasteiger partial charge in [-0.3, -0.25) is 14.5 Å². The minimum absolute atomic E-state index is 0.0524. The first-order valence-electron chi connectivity index (χ1n) is 11.5. The number of amides is 1. The molecule has 1 fully saturated rings. The molecule has 1 amide bonds. The molecule has 182 valence electrons. The van der Waals surface area contributed by atoms with Crippen LogP contribution in [0.5, 0.6) is 11.5 Å². The van der Waals surface area contributed by atoms with E-state index in [4.69, 9.17) is 14.2 Å². The smallest absolute Gasteiger partial charge is 0.322 e. The number of nitrogens with zero attached hydrogens (tertiary/aromatic N) is 3. The normalized spacial score (nSPS) is 18.1. The number of ether oxygens (including phenoxy) is 3. The van der Waals surface area contributed by atoms with E-state index in [1.54, 1.807) is 7.11 Å². The fraction of sp³-hybridized carbons (Fsp3) is 0.520. The molecule has 1 saturated heterocycles. The zero-order valence-corrected chi connectivity index (χ0v) is 20.1. The highest BCUT2D eigenvalue weighted by atomic mass is 16.5. The molecule has 0 bridgehead atoms. The van der Waals surface area contributed by atoms with Crippen LogP contribution in [-0.4, -0.2) is 61.9 Å². The first kappa shape index (κ1) is 24.1. The number of aromatic nitrogens is 1. The number of benzene rings is 1. The Hall–Kier alpha value is -3.04. The molecule has 0 radical (unpaired) electrons. The van der Waals surface area contributed by atoms with Crippen molar-refractivity contribution in [1.82, 2.24) is 9.47 Å². The predicted molar refractivity (Wildman–Crippen MR) is 128 cm³/mol. The molecule has 1 unspecified atom stereocenters. The van der Waals surface area contributed by atoms with E-state index < -0.39 is 11.3 Å². The number of hydrogen-bond acceptors (Lipinski definition) is 7. The Bertz CT molecular complexity index is 1140. The van der Waals surface area contributed by atoms with E-state index >= 15 is 0 Å². The highest BCUT2D eigenvalue weighted by Crippen LogP contribution is 2.45. The van der Waals surface area contributed by atoms with Gasteiger partial charge in [0.2, 0.25) is 0 Å². The number of fused-ring (bicyclic) bond motifs is 3. The van der Waals surface area contributed by atoms with Crippen molar-refractivity contribution in [2.24, 2.45) is 10.6 Å². The van der Waals surface area contributed by atoms with Crippen molar-refractivity contribution in [3.8, 4) is 22.8 Å². The molecule has 9 nitrogen and oxygen atoms in total. The molecular weight excluding hydrogens is 438 g/mol. The number of methoxy groups -OCH3 is 1. The topological polar surface area (TPSA) is 99.4 Å². The Balaban J connectivity index is 1.72. The summed E-state index contributed by atoms with van der Waals surface area (Å²) in [5.74, 6) is 0.180. The van der Waals surface area contributed by atoms with Gasteiger partial charge < -0.3 is 18.8 Å². The molecule has 0 spiro atoms. The minimum atomic E-state index is -1.06. The molecule has 1 aromatic heterocycles. The van der Waals surface area contributed by atoms with Gasteiger partial charge in [0.25, 0.3) is 0 Å². The SMILES string of the molecule is COc1cc2c(cc1OCCN1CCOCC1)CC(C(C)(C)C)n1cc(C(=O)N=O)c(=O)cc1-2. The molecule has 0 aliphatic carbocycles. The summed E-state index contributed by atoms with van der Waals surface area (Å²) in [5, 5.41) is 2.45. The largest absolute Gasteiger partial charge is 0.493 e. The number of carbonyl (C=O) groups is 1. The van der Waals surface area contributed by atoms with Crippen LogP contribution in [0, 0.1) is 10.3 Å². The molecule has 4 rings (SSSR count). The van der Waals surface area contributed by atoms with Crippen molar-refractivity contribution in [2.45, 2.75) is 33.2 Å². The molecule has 3 heterocycles. The van der Waals surface area contributed by atoms with Crippen LogP contribution in [-0.2, 0) is 11.2 Å². The highest BCUT2D eigenvalue weighted by molar-refractivity contribution is 5.94. The summed E-state index contributed by atoms with van der Waals surface area (Å²) < 4.78 is 19.1. The van der Waals surface area contributed by atoms with Crippen LogP contribution in [0.15, 0.2) is 34.4 Å². The molecular formula is C25H31N3O6. The second-order valence-electron chi connectivity index (χ2n) is 9.79. The van der Waals surface area contributed by atoms with Gasteiger partial charge in [0.05, 0.1) is 26.0 Å². The van der Waals surface area contributed by atoms with Crippen molar-refractivity contribution in [3.63, 3.8) is 0 Å². The lowest BCUT2D eigenvalue weighted by Gasteiger charge is -2.39. The Morgan fingerprint density at radius 3 is 2.56 bits per heavy atom. The van der Waals surface area contributed by atoms with E-state index in [2.05, 4.69) is 30.8 Å². The third-order valence-electron chi connectivity index (χ3n) is 6.58. The average Bonchev–Trinajstić information content (AvgIpc) is 2.82. The third kappa shape index (κ3) is 4.76. The fourth-order valence-electron chi connectivity index (χ4n) is 4.65. The Kier molecular flexibility index (Phi) is 6.86. The monoisotopic (exact) mass is 469 g/mol. The Morgan fingerprint density at radius 2 is 1.91 bits per heavy atom. The van der Waals surface area contributed by atoms with E-state index in [0.717, 1.165) is 44.0 Å². The molecule has 0 N–H and O–H groups in total. The summed E-state index contributed by atoms with van der Waals surface area (Å²) in [6.07, 6.45) is 2.14. The number of pyridine rings is 1. The highest BCUT2D eigenvalue weighted by Gasteiger charge is 2.34. The van der Waals surface area contributed by atoms with Gasteiger partial charge in [-0.25, -0.2) is 0 Å². The van der Waals surface area contributed by atoms with E-state index in [0.29, 0.717) is 30.2 Å². The summed E-state index contributed by atoms with van der Waals surface area (Å²) in [7, 11) is 1.59. The summed E-state index contributed by atoms with van der Waals surface area (Å²) in [6, 6.07) is 5.23. The number of rotatable bonds is 6. The van der Waals surface area contributed by atoms with E-state index in [-0.39, 0.29) is 17.0 Å². The number of hydrogen-bond donors (Lipinski definition) is 0. The standard InChI is InChI=1S/C25H31N3O6/c1-25(2,3)23-12-16-11-22(34-10-7-27-5-8-33-9-6-27)21(32-4)13-17(16)19-14-20(29)18(15-28(19)23)24(30)26-31/h11,13-15,23H,5-10,12H2,1-4H3. The Morgan fingerprint density at radius 1 is 1.18 bits per heavy atom. The third-order valence-corrected chi connectivity index (χ3v) is 6.58. The van der Waals surface area contributed by atoms with Gasteiger partial charge in [0, 0.05) is 48.7 Å². The van der Waals surface area contributed by atoms with Gasteiger partial charge in [-0.05, 0) is 29.5 Å². The molecule has 9 heteroatoms. The van der Waals surface area contributed by atoms with E-state index in [9.17, 15) is 14.5 Å². The maximum Gasteiger partial charge on any atom is 0.322 e. The first-order valence-corrected chi connectivity index (χ1v) is 11.5. The van der Waals surface area contributed by atoms with Crippen LogP contribution in [0.4, 0.5) is 0 Å². The number of nitroso groups, excluding NO2 is 1. The maximum absolute atomic E-state index is 12.7. The van der Waals surface area contributed by atoms with Crippen molar-refractivity contribution in [2.75, 3.05) is 46.6 Å². The second-order valence-corrected chi connectivity index (χ2v) is 9.79. The quantitative estimate of drug-likeness (QED) is 0.599. The lowest BCUT2D eigenvalue weighted by Crippen LogP contribution is -2.38. The Labute approximate surface area is 198 Å². The zero-order valence-electron chi connectivity index (χ0n) is 20.1. The van der Waals surface area contributed by atoms with Crippen LogP contribution in [0.1, 0.15) is 42.7 Å². The van der Waals surface area contributed by atoms with Gasteiger partial charge in [0.15, 0.2) is 16.9 Å². The summed E-state index contributed by atoms with van der Waals surface area (Å²) in [4.78, 5) is 37.7. The van der Waals surface area contributed by atoms with Gasteiger partial charge in [-0.2, -0.15) is 0 Å². The van der Waals surface area contributed by atoms with Gasteiger partial charge in [-0.15, -0.1) is 4.91 Å². The molecule has 2 aliphatic heterocycles. The zero-order chi connectivity index (χ0) is 24.5. The number of carbonyl (C=O) groups excluding carboxylic acids is 1. The molecule has 1 aromatic carbocycles. The van der Waals surface area contributed by atoms with Crippen molar-refractivity contribution in [3.05, 3.63) is 50.7 Å². The van der Waals surface area contributed by atoms with Crippen molar-refractivity contribution in [1.29, 1.82) is 0 Å². The van der Waals surface area contributed by atoms with Gasteiger partial charge in [-0.1, -0.05) is 20.8 Å². The average molecular weight is 470 g/mol. The number of morpholine rings is 1. The predicted octanol–water partition coefficient (Wildman–Crippen LogP) is 3.28. The van der Waals surface area contributed by atoms with Crippen LogP contribution in [0.25, 0.3) is 11.3 Å². The molecule has 2 aromatic rings. The van der Waals surface area contributed by atoms with Crippen LogP contribution >= 0.6 is 0 Å². The lowest BCUT2D eigenvalue weighted by molar-refractivity contribution is 0.0321. The van der Waals surface area contributed by atoms with Crippen LogP contribution in [0.3, 0.4) is 0 Å². The van der Waals surface area contributed by atoms with Crippen LogP contribution < -0.4 is 14.9 Å². The molecule has 34 heavy (non-hydrogen) atoms. The second kappa shape index (κ2) is 9.68. The maximum atomic E-state index is 12.7. The summed E-state index contributed by atoms with van der Waals surface area (Å²) >= 11 is 0. The molecule has 0 saturated carbocycles. The first-order chi connectivity index (χ1) is 16.2. The van der Waals surface area contributed by atoms with Gasteiger partial charge in [0.1, 0.15) is 12.2 Å². The fourth-order valence-corrected chi connectivity index (χ4v) is 4.65. The summed E-state index contributed by atoms with van der Waals surface area (Å²) in [5.41, 5.74) is 1.62. The van der Waals surface area contributed by atoms with E-state index in [1.807, 2.05) is 16.7 Å².